The van der Waals surface area contributed by atoms with Crippen molar-refractivity contribution in [3.63, 3.8) is 0 Å². The largest absolute Gasteiger partial charge is 0.305 e. The Balaban J connectivity index is 2.35. The van der Waals surface area contributed by atoms with Crippen LogP contribution in [0.2, 0.25) is 0 Å². The van der Waals surface area contributed by atoms with Crippen molar-refractivity contribution in [1.29, 1.82) is 0 Å². The van der Waals surface area contributed by atoms with Gasteiger partial charge in [-0.25, -0.2) is 0 Å². The molecule has 1 unspecified atom stereocenters. The summed E-state index contributed by atoms with van der Waals surface area (Å²) in [5, 5.41) is 5.71. The van der Waals surface area contributed by atoms with Gasteiger partial charge >= 0.3 is 0 Å². The molecule has 0 fully saturated rings. The average molecular weight is 246 g/mol. The molecule has 2 heterocycles. The lowest BCUT2D eigenvalue weighted by atomic mass is 10.1. The highest BCUT2D eigenvalue weighted by Crippen LogP contribution is 2.25. The first kappa shape index (κ1) is 12.3. The van der Waals surface area contributed by atoms with Crippen molar-refractivity contribution in [2.75, 3.05) is 6.54 Å². The van der Waals surface area contributed by atoms with Gasteiger partial charge in [-0.2, -0.15) is 0 Å². The maximum atomic E-state index is 4.62. The Morgan fingerprint density at radius 1 is 1.35 bits per heavy atom. The van der Waals surface area contributed by atoms with Crippen LogP contribution in [-0.4, -0.2) is 11.5 Å². The van der Waals surface area contributed by atoms with Crippen molar-refractivity contribution in [3.8, 4) is 0 Å². The van der Waals surface area contributed by atoms with Crippen molar-refractivity contribution in [2.45, 2.75) is 26.8 Å². The van der Waals surface area contributed by atoms with E-state index in [0.29, 0.717) is 0 Å². The van der Waals surface area contributed by atoms with Gasteiger partial charge in [-0.3, -0.25) is 4.98 Å². The molecule has 0 saturated heterocycles. The molecule has 0 aliphatic carbocycles. The number of hydrogen-bond acceptors (Lipinski definition) is 3. The minimum Gasteiger partial charge on any atom is -0.305 e. The lowest BCUT2D eigenvalue weighted by Crippen LogP contribution is -2.22. The maximum absolute atomic E-state index is 4.62. The maximum Gasteiger partial charge on any atom is 0.0759 e. The van der Waals surface area contributed by atoms with E-state index in [2.05, 4.69) is 47.7 Å². The summed E-state index contributed by atoms with van der Waals surface area (Å²) in [6, 6.07) is 8.65. The molecular formula is C14H18N2S. The molecule has 2 rings (SSSR count). The smallest absolute Gasteiger partial charge is 0.0759 e. The molecule has 1 atom stereocenters. The first-order chi connectivity index (χ1) is 8.20. The Morgan fingerprint density at radius 2 is 2.18 bits per heavy atom. The first-order valence-corrected chi connectivity index (χ1v) is 6.80. The molecule has 0 saturated carbocycles. The topological polar surface area (TPSA) is 24.9 Å². The molecule has 2 aromatic heterocycles. The van der Waals surface area contributed by atoms with Crippen LogP contribution in [0.4, 0.5) is 0 Å². The molecule has 0 bridgehead atoms. The molecule has 1 N–H and O–H groups in total. The second kappa shape index (κ2) is 5.43. The van der Waals surface area contributed by atoms with Crippen molar-refractivity contribution in [1.82, 2.24) is 10.3 Å². The quantitative estimate of drug-likeness (QED) is 0.893. The van der Waals surface area contributed by atoms with E-state index in [0.717, 1.165) is 17.9 Å². The van der Waals surface area contributed by atoms with Gasteiger partial charge in [0.1, 0.15) is 0 Å². The van der Waals surface area contributed by atoms with Crippen molar-refractivity contribution >= 4 is 11.3 Å². The molecular weight excluding hydrogens is 228 g/mol. The van der Waals surface area contributed by atoms with E-state index < -0.39 is 0 Å². The molecule has 0 amide bonds. The fraction of sp³-hybridized carbons (Fsp3) is 0.357. The highest BCUT2D eigenvalue weighted by atomic mass is 32.1. The minimum absolute atomic E-state index is 0.213. The lowest BCUT2D eigenvalue weighted by Gasteiger charge is -2.16. The van der Waals surface area contributed by atoms with Gasteiger partial charge in [0.15, 0.2) is 0 Å². The summed E-state index contributed by atoms with van der Waals surface area (Å²) in [6.07, 6.45) is 0. The van der Waals surface area contributed by atoms with Gasteiger partial charge < -0.3 is 5.32 Å². The Bertz CT molecular complexity index is 490. The monoisotopic (exact) mass is 246 g/mol. The molecule has 2 nitrogen and oxygen atoms in total. The van der Waals surface area contributed by atoms with Crippen LogP contribution >= 0.6 is 11.3 Å². The number of pyridine rings is 1. The third-order valence-electron chi connectivity index (χ3n) is 2.70. The van der Waals surface area contributed by atoms with Gasteiger partial charge in [-0.15, -0.1) is 11.3 Å². The van der Waals surface area contributed by atoms with Gasteiger partial charge in [0.05, 0.1) is 11.7 Å². The minimum atomic E-state index is 0.213. The normalized spacial score (nSPS) is 12.6. The number of nitrogens with zero attached hydrogens (tertiary/aromatic N) is 1. The standard InChI is InChI=1S/C14H18N2S/c1-4-15-14(12-8-11(3)17-9-12)13-7-5-6-10(2)16-13/h5-9,14-15H,4H2,1-3H3. The zero-order valence-corrected chi connectivity index (χ0v) is 11.3. The molecule has 0 aromatic carbocycles. The zero-order valence-electron chi connectivity index (χ0n) is 10.5. The Morgan fingerprint density at radius 3 is 2.76 bits per heavy atom. The Labute approximate surface area is 107 Å². The van der Waals surface area contributed by atoms with E-state index in [1.54, 1.807) is 11.3 Å². The third-order valence-corrected chi connectivity index (χ3v) is 3.58. The summed E-state index contributed by atoms with van der Waals surface area (Å²) in [5.41, 5.74) is 3.48. The number of aryl methyl sites for hydroxylation is 2. The Kier molecular flexibility index (Phi) is 3.92. The summed E-state index contributed by atoms with van der Waals surface area (Å²) in [4.78, 5) is 5.96. The van der Waals surface area contributed by atoms with Crippen LogP contribution in [0.25, 0.3) is 0 Å². The number of hydrogen-bond donors (Lipinski definition) is 1. The second-order valence-electron chi connectivity index (χ2n) is 4.19. The van der Waals surface area contributed by atoms with Gasteiger partial charge in [0.2, 0.25) is 0 Å². The summed E-state index contributed by atoms with van der Waals surface area (Å²) >= 11 is 1.79. The fourth-order valence-electron chi connectivity index (χ4n) is 1.94. The van der Waals surface area contributed by atoms with Crippen molar-refractivity contribution in [3.05, 3.63) is 51.5 Å². The first-order valence-electron chi connectivity index (χ1n) is 5.92. The second-order valence-corrected chi connectivity index (χ2v) is 5.30. The molecule has 0 aliphatic heterocycles. The van der Waals surface area contributed by atoms with Crippen LogP contribution in [-0.2, 0) is 0 Å². The lowest BCUT2D eigenvalue weighted by molar-refractivity contribution is 0.615. The van der Waals surface area contributed by atoms with E-state index >= 15 is 0 Å². The van der Waals surface area contributed by atoms with Crippen LogP contribution in [0, 0.1) is 13.8 Å². The van der Waals surface area contributed by atoms with E-state index in [4.69, 9.17) is 0 Å². The summed E-state index contributed by atoms with van der Waals surface area (Å²) in [7, 11) is 0. The van der Waals surface area contributed by atoms with E-state index in [1.807, 2.05) is 13.0 Å². The summed E-state index contributed by atoms with van der Waals surface area (Å²) in [6.45, 7) is 7.24. The van der Waals surface area contributed by atoms with Gasteiger partial charge in [0.25, 0.3) is 0 Å². The predicted octanol–water partition coefficient (Wildman–Crippen LogP) is 3.46. The molecule has 90 valence electrons. The summed E-state index contributed by atoms with van der Waals surface area (Å²) in [5.74, 6) is 0. The number of rotatable bonds is 4. The van der Waals surface area contributed by atoms with Crippen LogP contribution in [0.15, 0.2) is 29.6 Å². The number of thiophene rings is 1. The van der Waals surface area contributed by atoms with Crippen LogP contribution < -0.4 is 5.32 Å². The third kappa shape index (κ3) is 2.93. The number of nitrogens with one attached hydrogen (secondary N) is 1. The number of aromatic nitrogens is 1. The molecule has 0 spiro atoms. The molecule has 2 aromatic rings. The van der Waals surface area contributed by atoms with Crippen molar-refractivity contribution in [2.24, 2.45) is 0 Å². The van der Waals surface area contributed by atoms with E-state index in [9.17, 15) is 0 Å². The zero-order chi connectivity index (χ0) is 12.3. The van der Waals surface area contributed by atoms with Crippen LogP contribution in [0.5, 0.6) is 0 Å². The van der Waals surface area contributed by atoms with Crippen LogP contribution in [0.1, 0.15) is 34.8 Å². The molecule has 3 heteroatoms. The Hall–Kier alpha value is -1.19. The van der Waals surface area contributed by atoms with E-state index in [1.165, 1.54) is 10.4 Å². The fourth-order valence-corrected chi connectivity index (χ4v) is 2.67. The highest BCUT2D eigenvalue weighted by molar-refractivity contribution is 7.10. The molecule has 0 radical (unpaired) electrons. The average Bonchev–Trinajstić information content (AvgIpc) is 2.72. The van der Waals surface area contributed by atoms with E-state index in [-0.39, 0.29) is 6.04 Å². The van der Waals surface area contributed by atoms with Crippen molar-refractivity contribution < 1.29 is 0 Å². The highest BCUT2D eigenvalue weighted by Gasteiger charge is 2.15. The summed E-state index contributed by atoms with van der Waals surface area (Å²) < 4.78 is 0. The molecule has 0 aliphatic rings. The van der Waals surface area contributed by atoms with Gasteiger partial charge in [-0.05, 0) is 49.5 Å². The molecule has 17 heavy (non-hydrogen) atoms. The predicted molar refractivity (Wildman–Crippen MR) is 73.5 cm³/mol. The van der Waals surface area contributed by atoms with Gasteiger partial charge in [0, 0.05) is 10.6 Å². The SMILES string of the molecule is CCNC(c1csc(C)c1)c1cccc(C)n1. The van der Waals surface area contributed by atoms with Gasteiger partial charge in [-0.1, -0.05) is 13.0 Å². The van der Waals surface area contributed by atoms with Crippen LogP contribution in [0.3, 0.4) is 0 Å².